The van der Waals surface area contributed by atoms with Crippen molar-refractivity contribution in [3.8, 4) is 0 Å². The van der Waals surface area contributed by atoms with E-state index in [0.29, 0.717) is 11.6 Å². The van der Waals surface area contributed by atoms with E-state index in [4.69, 9.17) is 16.3 Å². The van der Waals surface area contributed by atoms with Crippen LogP contribution in [0.1, 0.15) is 31.8 Å². The first-order valence-electron chi connectivity index (χ1n) is 10.9. The second kappa shape index (κ2) is 10.4. The van der Waals surface area contributed by atoms with E-state index in [1.165, 1.54) is 12.1 Å². The van der Waals surface area contributed by atoms with E-state index >= 15 is 0 Å². The standard InChI is InChI=1S/C26H18ClF3N2O5/c27-19-11-10-16(26(28,29)30)13-20(19)31-22(33)14-37-25(36)21(12-15-6-2-1-3-7-15)32-23(34)17-8-4-5-9-18(17)24(32)35/h1-11,13,21H,12,14H2,(H,31,33). The molecule has 0 fully saturated rings. The van der Waals surface area contributed by atoms with Crippen LogP contribution < -0.4 is 5.32 Å². The maximum Gasteiger partial charge on any atom is 0.416 e. The van der Waals surface area contributed by atoms with Crippen molar-refractivity contribution in [2.45, 2.75) is 18.6 Å². The van der Waals surface area contributed by atoms with Crippen molar-refractivity contribution in [2.24, 2.45) is 0 Å². The summed E-state index contributed by atoms with van der Waals surface area (Å²) in [7, 11) is 0. The number of hydrogen-bond donors (Lipinski definition) is 1. The molecular formula is C26H18ClF3N2O5. The molecule has 0 radical (unpaired) electrons. The van der Waals surface area contributed by atoms with E-state index in [1.807, 2.05) is 0 Å². The first-order valence-corrected chi connectivity index (χ1v) is 11.3. The highest BCUT2D eigenvalue weighted by Gasteiger charge is 2.43. The van der Waals surface area contributed by atoms with Crippen LogP contribution in [0, 0.1) is 0 Å². The maximum absolute atomic E-state index is 13.1. The molecule has 1 atom stereocenters. The molecule has 3 aromatic rings. The van der Waals surface area contributed by atoms with Gasteiger partial charge in [0.2, 0.25) is 0 Å². The minimum absolute atomic E-state index is 0.0772. The summed E-state index contributed by atoms with van der Waals surface area (Å²) in [6.45, 7) is -0.889. The molecule has 11 heteroatoms. The van der Waals surface area contributed by atoms with Gasteiger partial charge in [-0.1, -0.05) is 54.1 Å². The molecule has 37 heavy (non-hydrogen) atoms. The van der Waals surface area contributed by atoms with Crippen LogP contribution in [0.15, 0.2) is 72.8 Å². The van der Waals surface area contributed by atoms with Gasteiger partial charge in [0.05, 0.1) is 27.4 Å². The van der Waals surface area contributed by atoms with Crippen LogP contribution in [-0.4, -0.2) is 41.2 Å². The van der Waals surface area contributed by atoms with E-state index < -0.39 is 48.1 Å². The largest absolute Gasteiger partial charge is 0.454 e. The van der Waals surface area contributed by atoms with Gasteiger partial charge in [0, 0.05) is 6.42 Å². The smallest absolute Gasteiger partial charge is 0.416 e. The molecule has 0 saturated heterocycles. The van der Waals surface area contributed by atoms with Crippen LogP contribution in [0.4, 0.5) is 18.9 Å². The van der Waals surface area contributed by atoms with Crippen LogP contribution >= 0.6 is 11.6 Å². The van der Waals surface area contributed by atoms with Crippen LogP contribution in [0.3, 0.4) is 0 Å². The molecule has 3 aromatic carbocycles. The number of halogens is 4. The number of esters is 1. The van der Waals surface area contributed by atoms with Crippen molar-refractivity contribution in [1.29, 1.82) is 0 Å². The Kier molecular flexibility index (Phi) is 7.30. The number of amides is 3. The molecule has 1 N–H and O–H groups in total. The summed E-state index contributed by atoms with van der Waals surface area (Å²) in [6, 6.07) is 15.7. The number of imide groups is 1. The monoisotopic (exact) mass is 530 g/mol. The Bertz CT molecular complexity index is 1340. The molecule has 7 nitrogen and oxygen atoms in total. The second-order valence-electron chi connectivity index (χ2n) is 8.08. The molecule has 0 aromatic heterocycles. The lowest BCUT2D eigenvalue weighted by Gasteiger charge is -2.24. The van der Waals surface area contributed by atoms with Gasteiger partial charge in [0.15, 0.2) is 6.61 Å². The number of nitrogens with one attached hydrogen (secondary N) is 1. The summed E-state index contributed by atoms with van der Waals surface area (Å²) < 4.78 is 44.0. The summed E-state index contributed by atoms with van der Waals surface area (Å²) in [5.74, 6) is -3.36. The number of carbonyl (C=O) groups is 4. The molecule has 190 valence electrons. The average molecular weight is 531 g/mol. The van der Waals surface area contributed by atoms with Crippen LogP contribution in [0.2, 0.25) is 5.02 Å². The van der Waals surface area contributed by atoms with Gasteiger partial charge in [-0.05, 0) is 35.9 Å². The van der Waals surface area contributed by atoms with Crippen LogP contribution in [0.25, 0.3) is 0 Å². The molecule has 1 heterocycles. The third kappa shape index (κ3) is 5.64. The Morgan fingerprint density at radius 1 is 0.919 bits per heavy atom. The molecule has 0 bridgehead atoms. The number of hydrogen-bond acceptors (Lipinski definition) is 5. The summed E-state index contributed by atoms with van der Waals surface area (Å²) in [4.78, 5) is 52.2. The Hall–Kier alpha value is -4.18. The number of fused-ring (bicyclic) bond motifs is 1. The Balaban J connectivity index is 1.51. The predicted octanol–water partition coefficient (Wildman–Crippen LogP) is 4.75. The zero-order valence-electron chi connectivity index (χ0n) is 18.9. The van der Waals surface area contributed by atoms with Crippen molar-refractivity contribution < 1.29 is 37.1 Å². The van der Waals surface area contributed by atoms with Crippen molar-refractivity contribution in [2.75, 3.05) is 11.9 Å². The van der Waals surface area contributed by atoms with Crippen LogP contribution in [0.5, 0.6) is 0 Å². The summed E-state index contributed by atoms with van der Waals surface area (Å²) in [6.07, 6.45) is -4.74. The van der Waals surface area contributed by atoms with Gasteiger partial charge in [0.1, 0.15) is 6.04 Å². The number of benzene rings is 3. The Morgan fingerprint density at radius 3 is 2.11 bits per heavy atom. The number of carbonyl (C=O) groups excluding carboxylic acids is 4. The fourth-order valence-corrected chi connectivity index (χ4v) is 3.99. The highest BCUT2D eigenvalue weighted by Crippen LogP contribution is 2.34. The number of nitrogens with zero attached hydrogens (tertiary/aromatic N) is 1. The molecule has 1 aliphatic rings. The highest BCUT2D eigenvalue weighted by atomic mass is 35.5. The molecule has 4 rings (SSSR count). The van der Waals surface area contributed by atoms with Crippen LogP contribution in [-0.2, 0) is 26.9 Å². The summed E-state index contributed by atoms with van der Waals surface area (Å²) in [5, 5.41) is 2.02. The van der Waals surface area contributed by atoms with E-state index in [2.05, 4.69) is 5.32 Å². The van der Waals surface area contributed by atoms with E-state index in [9.17, 15) is 32.3 Å². The van der Waals surface area contributed by atoms with E-state index in [1.54, 1.807) is 42.5 Å². The van der Waals surface area contributed by atoms with Crippen molar-refractivity contribution in [3.63, 3.8) is 0 Å². The first kappa shape index (κ1) is 25.9. The van der Waals surface area contributed by atoms with Gasteiger partial charge >= 0.3 is 12.1 Å². The zero-order valence-corrected chi connectivity index (χ0v) is 19.7. The zero-order chi connectivity index (χ0) is 26.7. The molecule has 0 aliphatic carbocycles. The van der Waals surface area contributed by atoms with Gasteiger partial charge in [-0.2, -0.15) is 13.2 Å². The minimum Gasteiger partial charge on any atom is -0.454 e. The predicted molar refractivity (Wildman–Crippen MR) is 127 cm³/mol. The molecule has 0 spiro atoms. The fourth-order valence-electron chi connectivity index (χ4n) is 3.82. The van der Waals surface area contributed by atoms with Gasteiger partial charge in [-0.25, -0.2) is 4.79 Å². The SMILES string of the molecule is O=C(COC(=O)C(Cc1ccccc1)N1C(=O)c2ccccc2C1=O)Nc1cc(C(F)(F)F)ccc1Cl. The lowest BCUT2D eigenvalue weighted by atomic mass is 10.0. The van der Waals surface area contributed by atoms with Crippen molar-refractivity contribution >= 4 is 41.0 Å². The number of ether oxygens (including phenoxy) is 1. The third-order valence-corrected chi connectivity index (χ3v) is 5.92. The molecule has 1 unspecified atom stereocenters. The van der Waals surface area contributed by atoms with Crippen molar-refractivity contribution in [1.82, 2.24) is 4.90 Å². The lowest BCUT2D eigenvalue weighted by Crippen LogP contribution is -2.47. The van der Waals surface area contributed by atoms with Gasteiger partial charge < -0.3 is 10.1 Å². The highest BCUT2D eigenvalue weighted by molar-refractivity contribution is 6.33. The lowest BCUT2D eigenvalue weighted by molar-refractivity contribution is -0.151. The normalized spacial score (nSPS) is 13.8. The van der Waals surface area contributed by atoms with E-state index in [-0.39, 0.29) is 28.3 Å². The first-order chi connectivity index (χ1) is 17.6. The Morgan fingerprint density at radius 2 is 1.51 bits per heavy atom. The molecule has 0 saturated carbocycles. The number of rotatable bonds is 7. The van der Waals surface area contributed by atoms with E-state index in [0.717, 1.165) is 17.0 Å². The summed E-state index contributed by atoms with van der Waals surface area (Å²) >= 11 is 5.88. The molecular weight excluding hydrogens is 513 g/mol. The molecule has 1 aliphatic heterocycles. The van der Waals surface area contributed by atoms with Gasteiger partial charge in [0.25, 0.3) is 17.7 Å². The quantitative estimate of drug-likeness (QED) is 0.352. The van der Waals surface area contributed by atoms with Gasteiger partial charge in [-0.3, -0.25) is 19.3 Å². The fraction of sp³-hybridized carbons (Fsp3) is 0.154. The minimum atomic E-state index is -4.66. The maximum atomic E-state index is 13.1. The number of anilines is 1. The Labute approximate surface area is 213 Å². The second-order valence-corrected chi connectivity index (χ2v) is 8.49. The summed E-state index contributed by atoms with van der Waals surface area (Å²) in [5.41, 5.74) is -0.455. The molecule has 3 amide bonds. The van der Waals surface area contributed by atoms with Gasteiger partial charge in [-0.15, -0.1) is 0 Å². The topological polar surface area (TPSA) is 92.8 Å². The average Bonchev–Trinajstić information content (AvgIpc) is 3.12. The van der Waals surface area contributed by atoms with Crippen molar-refractivity contribution in [3.05, 3.63) is 100 Å². The number of alkyl halides is 3. The third-order valence-electron chi connectivity index (χ3n) is 5.59.